The summed E-state index contributed by atoms with van der Waals surface area (Å²) in [6, 6.07) is 1.81. The highest BCUT2D eigenvalue weighted by Crippen LogP contribution is 2.29. The highest BCUT2D eigenvalue weighted by Gasteiger charge is 2.32. The predicted molar refractivity (Wildman–Crippen MR) is 76.8 cm³/mol. The van der Waals surface area contributed by atoms with Crippen LogP contribution < -0.4 is 0 Å². The monoisotopic (exact) mass is 250 g/mol. The van der Waals surface area contributed by atoms with E-state index in [0.29, 0.717) is 0 Å². The fourth-order valence-electron chi connectivity index (χ4n) is 4.34. The second-order valence-electron chi connectivity index (χ2n) is 6.95. The van der Waals surface area contributed by atoms with Gasteiger partial charge in [0.25, 0.3) is 0 Å². The van der Waals surface area contributed by atoms with E-state index < -0.39 is 0 Å². The first-order valence-electron chi connectivity index (χ1n) is 8.31. The van der Waals surface area contributed by atoms with E-state index in [1.807, 2.05) is 0 Å². The second kappa shape index (κ2) is 5.92. The molecule has 0 spiro atoms. The van der Waals surface area contributed by atoms with Crippen molar-refractivity contribution in [2.24, 2.45) is 5.92 Å². The molecular weight excluding hydrogens is 220 g/mol. The molecule has 0 N–H and O–H groups in total. The standard InChI is InChI=1S/C16H30N2/c1-14-5-4-7-15(9-8-14)18-12-11-17-10-3-2-6-16(17)13-18/h14-16H,2-13H2,1H3. The van der Waals surface area contributed by atoms with Crippen LogP contribution >= 0.6 is 0 Å². The van der Waals surface area contributed by atoms with Crippen LogP contribution in [0.1, 0.15) is 58.3 Å². The van der Waals surface area contributed by atoms with Gasteiger partial charge in [0, 0.05) is 31.7 Å². The highest BCUT2D eigenvalue weighted by molar-refractivity contribution is 4.88. The molecule has 2 aliphatic heterocycles. The Morgan fingerprint density at radius 1 is 0.667 bits per heavy atom. The maximum Gasteiger partial charge on any atom is 0.0223 e. The zero-order valence-electron chi connectivity index (χ0n) is 12.1. The Labute approximate surface area is 113 Å². The van der Waals surface area contributed by atoms with Crippen molar-refractivity contribution in [2.45, 2.75) is 70.4 Å². The summed E-state index contributed by atoms with van der Waals surface area (Å²) in [6.45, 7) is 7.88. The van der Waals surface area contributed by atoms with Crippen LogP contribution in [0.2, 0.25) is 0 Å². The largest absolute Gasteiger partial charge is 0.298 e. The number of fused-ring (bicyclic) bond motifs is 1. The zero-order valence-corrected chi connectivity index (χ0v) is 12.1. The average Bonchev–Trinajstić information content (AvgIpc) is 2.63. The molecule has 104 valence electrons. The smallest absolute Gasteiger partial charge is 0.0223 e. The molecule has 3 aliphatic rings. The van der Waals surface area contributed by atoms with Crippen LogP contribution in [-0.2, 0) is 0 Å². The minimum absolute atomic E-state index is 0.896. The van der Waals surface area contributed by atoms with Gasteiger partial charge in [-0.25, -0.2) is 0 Å². The van der Waals surface area contributed by atoms with Crippen LogP contribution in [0.15, 0.2) is 0 Å². The number of rotatable bonds is 1. The summed E-state index contributed by atoms with van der Waals surface area (Å²) in [4.78, 5) is 5.61. The van der Waals surface area contributed by atoms with Gasteiger partial charge in [0.2, 0.25) is 0 Å². The van der Waals surface area contributed by atoms with Crippen LogP contribution in [0.5, 0.6) is 0 Å². The van der Waals surface area contributed by atoms with E-state index in [2.05, 4.69) is 16.7 Å². The third-order valence-corrected chi connectivity index (χ3v) is 5.61. The van der Waals surface area contributed by atoms with Gasteiger partial charge in [-0.2, -0.15) is 0 Å². The van der Waals surface area contributed by atoms with Gasteiger partial charge in [0.1, 0.15) is 0 Å². The van der Waals surface area contributed by atoms with Crippen LogP contribution in [-0.4, -0.2) is 48.1 Å². The molecule has 2 saturated heterocycles. The van der Waals surface area contributed by atoms with Crippen molar-refractivity contribution in [3.63, 3.8) is 0 Å². The molecule has 2 heteroatoms. The van der Waals surface area contributed by atoms with Crippen LogP contribution in [0.3, 0.4) is 0 Å². The Kier molecular flexibility index (Phi) is 4.25. The van der Waals surface area contributed by atoms with Crippen molar-refractivity contribution in [2.75, 3.05) is 26.2 Å². The van der Waals surface area contributed by atoms with E-state index >= 15 is 0 Å². The van der Waals surface area contributed by atoms with Gasteiger partial charge in [-0.15, -0.1) is 0 Å². The second-order valence-corrected chi connectivity index (χ2v) is 6.95. The number of hydrogen-bond donors (Lipinski definition) is 0. The molecule has 0 aromatic carbocycles. The number of piperidine rings is 1. The summed E-state index contributed by atoms with van der Waals surface area (Å²) in [5.41, 5.74) is 0. The van der Waals surface area contributed by atoms with Gasteiger partial charge >= 0.3 is 0 Å². The Morgan fingerprint density at radius 3 is 2.44 bits per heavy atom. The number of nitrogens with zero attached hydrogens (tertiary/aromatic N) is 2. The molecule has 1 saturated carbocycles. The molecule has 0 aromatic heterocycles. The van der Waals surface area contributed by atoms with E-state index in [0.717, 1.165) is 18.0 Å². The number of piperazine rings is 1. The lowest BCUT2D eigenvalue weighted by molar-refractivity contribution is 0.0236. The van der Waals surface area contributed by atoms with Gasteiger partial charge in [0.05, 0.1) is 0 Å². The molecule has 18 heavy (non-hydrogen) atoms. The molecule has 1 aliphatic carbocycles. The summed E-state index contributed by atoms with van der Waals surface area (Å²) >= 11 is 0. The Morgan fingerprint density at radius 2 is 1.50 bits per heavy atom. The van der Waals surface area contributed by atoms with Crippen molar-refractivity contribution >= 4 is 0 Å². The normalized spacial score (nSPS) is 40.2. The van der Waals surface area contributed by atoms with Crippen LogP contribution in [0.25, 0.3) is 0 Å². The van der Waals surface area contributed by atoms with Gasteiger partial charge in [-0.3, -0.25) is 9.80 Å². The highest BCUT2D eigenvalue weighted by atomic mass is 15.3. The van der Waals surface area contributed by atoms with E-state index in [4.69, 9.17) is 0 Å². The molecule has 3 rings (SSSR count). The van der Waals surface area contributed by atoms with Crippen molar-refractivity contribution in [1.29, 1.82) is 0 Å². The minimum Gasteiger partial charge on any atom is -0.298 e. The molecule has 2 heterocycles. The molecule has 0 radical (unpaired) electrons. The molecule has 3 fully saturated rings. The molecule has 2 nitrogen and oxygen atoms in total. The quantitative estimate of drug-likeness (QED) is 0.660. The summed E-state index contributed by atoms with van der Waals surface area (Å²) in [6.07, 6.45) is 11.7. The maximum absolute atomic E-state index is 2.85. The van der Waals surface area contributed by atoms with E-state index in [1.54, 1.807) is 0 Å². The van der Waals surface area contributed by atoms with E-state index in [9.17, 15) is 0 Å². The first-order valence-corrected chi connectivity index (χ1v) is 8.31. The fourth-order valence-corrected chi connectivity index (χ4v) is 4.34. The summed E-state index contributed by atoms with van der Waals surface area (Å²) < 4.78 is 0. The first kappa shape index (κ1) is 12.9. The Bertz CT molecular complexity index is 266. The van der Waals surface area contributed by atoms with Crippen LogP contribution in [0.4, 0.5) is 0 Å². The molecule has 0 aromatic rings. The van der Waals surface area contributed by atoms with Crippen molar-refractivity contribution in [3.05, 3.63) is 0 Å². The number of hydrogen-bond acceptors (Lipinski definition) is 2. The van der Waals surface area contributed by atoms with Gasteiger partial charge in [-0.05, 0) is 44.6 Å². The minimum atomic E-state index is 0.896. The summed E-state index contributed by atoms with van der Waals surface area (Å²) in [5.74, 6) is 0.978. The Balaban J connectivity index is 1.56. The summed E-state index contributed by atoms with van der Waals surface area (Å²) in [5, 5.41) is 0. The molecule has 0 bridgehead atoms. The third-order valence-electron chi connectivity index (χ3n) is 5.61. The molecule has 3 atom stereocenters. The van der Waals surface area contributed by atoms with Crippen LogP contribution in [0, 0.1) is 5.92 Å². The maximum atomic E-state index is 2.85. The average molecular weight is 250 g/mol. The fraction of sp³-hybridized carbons (Fsp3) is 1.00. The molecular formula is C16H30N2. The summed E-state index contributed by atoms with van der Waals surface area (Å²) in [7, 11) is 0. The van der Waals surface area contributed by atoms with Crippen molar-refractivity contribution in [1.82, 2.24) is 9.80 Å². The zero-order chi connectivity index (χ0) is 12.4. The third kappa shape index (κ3) is 2.91. The van der Waals surface area contributed by atoms with Gasteiger partial charge in [0.15, 0.2) is 0 Å². The topological polar surface area (TPSA) is 6.48 Å². The molecule has 3 unspecified atom stereocenters. The van der Waals surface area contributed by atoms with Crippen molar-refractivity contribution in [3.8, 4) is 0 Å². The Hall–Kier alpha value is -0.0800. The lowest BCUT2D eigenvalue weighted by Crippen LogP contribution is -2.57. The van der Waals surface area contributed by atoms with Crippen molar-refractivity contribution < 1.29 is 0 Å². The predicted octanol–water partition coefficient (Wildman–Crippen LogP) is 3.13. The van der Waals surface area contributed by atoms with Gasteiger partial charge in [-0.1, -0.05) is 26.2 Å². The SMILES string of the molecule is CC1CCCC(N2CCN3CCCCC3C2)CC1. The van der Waals surface area contributed by atoms with Gasteiger partial charge < -0.3 is 0 Å². The first-order chi connectivity index (χ1) is 8.83. The van der Waals surface area contributed by atoms with E-state index in [-0.39, 0.29) is 0 Å². The van der Waals surface area contributed by atoms with E-state index in [1.165, 1.54) is 77.5 Å². The lowest BCUT2D eigenvalue weighted by Gasteiger charge is -2.46. The lowest BCUT2D eigenvalue weighted by atomic mass is 9.97. The molecule has 0 amide bonds.